The lowest BCUT2D eigenvalue weighted by atomic mass is 10.0. The third-order valence-corrected chi connectivity index (χ3v) is 5.56. The Morgan fingerprint density at radius 3 is 2.13 bits per heavy atom. The highest BCUT2D eigenvalue weighted by molar-refractivity contribution is 5.84. The first kappa shape index (κ1) is 25.8. The fourth-order valence-electron chi connectivity index (χ4n) is 3.74. The monoisotopic (exact) mass is 548 g/mol. The Morgan fingerprint density at radius 1 is 0.846 bits per heavy atom. The summed E-state index contributed by atoms with van der Waals surface area (Å²) in [6, 6.07) is 12.9. The van der Waals surface area contributed by atoms with Gasteiger partial charge in [0.1, 0.15) is 16.9 Å². The molecule has 1 N–H and O–H groups in total. The van der Waals surface area contributed by atoms with E-state index in [0.717, 1.165) is 0 Å². The van der Waals surface area contributed by atoms with Gasteiger partial charge in [-0.2, -0.15) is 31.3 Å². The van der Waals surface area contributed by atoms with E-state index < -0.39 is 47.0 Å². The van der Waals surface area contributed by atoms with Crippen molar-refractivity contribution in [3.05, 3.63) is 93.9 Å². The zero-order valence-electron chi connectivity index (χ0n) is 19.3. The second-order valence-corrected chi connectivity index (χ2v) is 8.24. The van der Waals surface area contributed by atoms with Gasteiger partial charge < -0.3 is 18.8 Å². The molecule has 0 spiro atoms. The molecule has 0 fully saturated rings. The molecular weight excluding hydrogens is 534 g/mol. The highest BCUT2D eigenvalue weighted by Crippen LogP contribution is 2.38. The average Bonchev–Trinajstić information content (AvgIpc) is 3.36. The molecule has 0 saturated carbocycles. The molecule has 0 aliphatic carbocycles. The van der Waals surface area contributed by atoms with Gasteiger partial charge in [-0.3, -0.25) is 4.79 Å². The molecule has 0 unspecified atom stereocenters. The third kappa shape index (κ3) is 5.28. The molecule has 2 heterocycles. The minimum absolute atomic E-state index is 0.00474. The fraction of sp³-hybridized carbons (Fsp3) is 0.115. The van der Waals surface area contributed by atoms with Crippen molar-refractivity contribution < 1.29 is 45.1 Å². The van der Waals surface area contributed by atoms with Gasteiger partial charge in [0.2, 0.25) is 11.3 Å². The molecule has 0 bridgehead atoms. The van der Waals surface area contributed by atoms with Crippen LogP contribution in [-0.2, 0) is 19.0 Å². The summed E-state index contributed by atoms with van der Waals surface area (Å²) in [6.07, 6.45) is -10.1. The number of fused-ring (bicyclic) bond motifs is 1. The first-order chi connectivity index (χ1) is 18.4. The van der Waals surface area contributed by atoms with E-state index in [1.165, 1.54) is 30.3 Å². The lowest BCUT2D eigenvalue weighted by molar-refractivity contribution is -0.143. The van der Waals surface area contributed by atoms with Crippen LogP contribution >= 0.6 is 0 Å². The van der Waals surface area contributed by atoms with E-state index in [-0.39, 0.29) is 40.1 Å². The molecule has 200 valence electrons. The van der Waals surface area contributed by atoms with Crippen LogP contribution < -0.4 is 10.2 Å². The SMILES string of the molecule is O=c1c(-c2ccc(O)cc2)c(OCc2noc(-c3cc(C(F)(F)F)cc(C(F)(F)F)c3)n2)oc2ccccc12. The van der Waals surface area contributed by atoms with Crippen LogP contribution in [0.5, 0.6) is 11.7 Å². The first-order valence-corrected chi connectivity index (χ1v) is 11.0. The van der Waals surface area contributed by atoms with Crippen molar-refractivity contribution in [3.8, 4) is 34.3 Å². The first-order valence-electron chi connectivity index (χ1n) is 11.0. The summed E-state index contributed by atoms with van der Waals surface area (Å²) in [5.41, 5.74) is -3.59. The minimum Gasteiger partial charge on any atom is -0.508 e. The number of hydrogen-bond donors (Lipinski definition) is 1. The van der Waals surface area contributed by atoms with E-state index in [9.17, 15) is 36.2 Å². The van der Waals surface area contributed by atoms with E-state index in [4.69, 9.17) is 13.7 Å². The Hall–Kier alpha value is -4.81. The Bertz CT molecular complexity index is 1690. The molecule has 0 aliphatic heterocycles. The largest absolute Gasteiger partial charge is 0.508 e. The van der Waals surface area contributed by atoms with Gasteiger partial charge in [-0.15, -0.1) is 0 Å². The maximum Gasteiger partial charge on any atom is 0.416 e. The molecule has 5 aromatic rings. The summed E-state index contributed by atoms with van der Waals surface area (Å²) in [6.45, 7) is -0.513. The number of nitrogens with zero attached hydrogens (tertiary/aromatic N) is 2. The molecule has 5 rings (SSSR count). The number of aromatic nitrogens is 2. The van der Waals surface area contributed by atoms with Crippen LogP contribution in [0.3, 0.4) is 0 Å². The van der Waals surface area contributed by atoms with Gasteiger partial charge in [-0.25, -0.2) is 0 Å². The van der Waals surface area contributed by atoms with Crippen LogP contribution in [-0.4, -0.2) is 15.2 Å². The molecule has 0 amide bonds. The number of phenolic OH excluding ortho intramolecular Hbond substituents is 1. The Balaban J connectivity index is 1.50. The van der Waals surface area contributed by atoms with Gasteiger partial charge in [-0.05, 0) is 48.0 Å². The molecule has 2 aromatic heterocycles. The van der Waals surface area contributed by atoms with Crippen molar-refractivity contribution in [2.24, 2.45) is 0 Å². The van der Waals surface area contributed by atoms with Crippen molar-refractivity contribution in [1.82, 2.24) is 10.1 Å². The van der Waals surface area contributed by atoms with Gasteiger partial charge in [0, 0.05) is 5.56 Å². The zero-order valence-corrected chi connectivity index (χ0v) is 19.3. The predicted octanol–water partition coefficient (Wildman–Crippen LogP) is 6.83. The lowest BCUT2D eigenvalue weighted by Crippen LogP contribution is -2.11. The molecule has 39 heavy (non-hydrogen) atoms. The molecule has 13 heteroatoms. The maximum absolute atomic E-state index is 13.2. The number of halogens is 6. The third-order valence-electron chi connectivity index (χ3n) is 5.56. The maximum atomic E-state index is 13.2. The van der Waals surface area contributed by atoms with Crippen LogP contribution in [0.25, 0.3) is 33.6 Å². The number of phenols is 1. The number of para-hydroxylation sites is 1. The smallest absolute Gasteiger partial charge is 0.416 e. The van der Waals surface area contributed by atoms with Gasteiger partial charge in [0.05, 0.1) is 16.5 Å². The zero-order chi connectivity index (χ0) is 27.9. The summed E-state index contributed by atoms with van der Waals surface area (Å²) >= 11 is 0. The lowest BCUT2D eigenvalue weighted by Gasteiger charge is -2.12. The van der Waals surface area contributed by atoms with Gasteiger partial charge in [-0.1, -0.05) is 29.4 Å². The van der Waals surface area contributed by atoms with Crippen molar-refractivity contribution in [1.29, 1.82) is 0 Å². The van der Waals surface area contributed by atoms with Gasteiger partial charge >= 0.3 is 12.4 Å². The highest BCUT2D eigenvalue weighted by atomic mass is 19.4. The topological polar surface area (TPSA) is 98.6 Å². The normalized spacial score (nSPS) is 12.2. The van der Waals surface area contributed by atoms with Crippen LogP contribution in [0.4, 0.5) is 26.3 Å². The highest BCUT2D eigenvalue weighted by Gasteiger charge is 2.37. The van der Waals surface area contributed by atoms with E-state index in [1.807, 2.05) is 0 Å². The molecule has 0 radical (unpaired) electrons. The van der Waals surface area contributed by atoms with E-state index in [1.54, 1.807) is 18.2 Å². The van der Waals surface area contributed by atoms with E-state index in [0.29, 0.717) is 17.7 Å². The van der Waals surface area contributed by atoms with Gasteiger partial charge in [0.15, 0.2) is 6.61 Å². The standard InChI is InChI=1S/C26H14F6N2O5/c27-25(28,29)15-9-14(10-16(11-15)26(30,31)32)23-33-20(34-39-23)12-37-24-21(13-5-7-17(35)8-6-13)22(36)18-3-1-2-4-19(18)38-24/h1-11,35H,12H2. The number of hydrogen-bond acceptors (Lipinski definition) is 7. The van der Waals surface area contributed by atoms with Crippen molar-refractivity contribution in [3.63, 3.8) is 0 Å². The number of benzene rings is 3. The minimum atomic E-state index is -5.06. The van der Waals surface area contributed by atoms with E-state index in [2.05, 4.69) is 10.1 Å². The van der Waals surface area contributed by atoms with Crippen molar-refractivity contribution in [2.75, 3.05) is 0 Å². The molecule has 7 nitrogen and oxygen atoms in total. The van der Waals surface area contributed by atoms with Crippen molar-refractivity contribution in [2.45, 2.75) is 19.0 Å². The molecule has 3 aromatic carbocycles. The number of ether oxygens (including phenoxy) is 1. The average molecular weight is 548 g/mol. The van der Waals surface area contributed by atoms with Crippen LogP contribution in [0.2, 0.25) is 0 Å². The summed E-state index contributed by atoms with van der Waals surface area (Å²) < 4.78 is 95.5. The predicted molar refractivity (Wildman–Crippen MR) is 124 cm³/mol. The number of rotatable bonds is 5. The second kappa shape index (κ2) is 9.49. The molecular formula is C26H14F6N2O5. The van der Waals surface area contributed by atoms with Gasteiger partial charge in [0.25, 0.3) is 11.8 Å². The van der Waals surface area contributed by atoms with Crippen LogP contribution in [0.1, 0.15) is 17.0 Å². The van der Waals surface area contributed by atoms with Crippen molar-refractivity contribution >= 4 is 11.0 Å². The van der Waals surface area contributed by atoms with Crippen LogP contribution in [0, 0.1) is 0 Å². The number of aromatic hydroxyl groups is 1. The van der Waals surface area contributed by atoms with Crippen LogP contribution in [0.15, 0.2) is 80.5 Å². The Kier molecular flexibility index (Phi) is 6.29. The quantitative estimate of drug-likeness (QED) is 0.240. The fourth-order valence-corrected chi connectivity index (χ4v) is 3.74. The molecule has 0 atom stereocenters. The summed E-state index contributed by atoms with van der Waals surface area (Å²) in [4.78, 5) is 17.1. The summed E-state index contributed by atoms with van der Waals surface area (Å²) in [5.74, 6) is -1.16. The molecule has 0 aliphatic rings. The Labute approximate surface area is 213 Å². The second-order valence-electron chi connectivity index (χ2n) is 8.24. The Morgan fingerprint density at radius 2 is 1.49 bits per heavy atom. The molecule has 0 saturated heterocycles. The summed E-state index contributed by atoms with van der Waals surface area (Å²) in [7, 11) is 0. The number of alkyl halides is 6. The van der Waals surface area contributed by atoms with E-state index >= 15 is 0 Å². The summed E-state index contributed by atoms with van der Waals surface area (Å²) in [5, 5.41) is 13.4.